The van der Waals surface area contributed by atoms with Crippen molar-refractivity contribution in [1.29, 1.82) is 0 Å². The number of oxazole rings is 1. The molecule has 32 heavy (non-hydrogen) atoms. The first-order valence-electron chi connectivity index (χ1n) is 10.3. The summed E-state index contributed by atoms with van der Waals surface area (Å²) in [6, 6.07) is 16.8. The number of hydrogen-bond acceptors (Lipinski definition) is 6. The van der Waals surface area contributed by atoms with Gasteiger partial charge in [0.2, 0.25) is 23.6 Å². The average molecular weight is 451 g/mol. The number of nitrogens with zero attached hydrogens (tertiary/aromatic N) is 4. The van der Waals surface area contributed by atoms with Gasteiger partial charge in [-0.3, -0.25) is 4.79 Å². The second-order valence-electron chi connectivity index (χ2n) is 7.66. The summed E-state index contributed by atoms with van der Waals surface area (Å²) in [7, 11) is 0. The molecule has 164 valence electrons. The third-order valence-electron chi connectivity index (χ3n) is 5.05. The number of carbonyl (C=O) groups is 1. The van der Waals surface area contributed by atoms with Crippen LogP contribution in [0, 0.1) is 6.92 Å². The molecule has 0 aliphatic rings. The Hall–Kier alpha value is -3.45. The molecule has 0 N–H and O–H groups in total. The summed E-state index contributed by atoms with van der Waals surface area (Å²) in [6.07, 6.45) is 0.117. The highest BCUT2D eigenvalue weighted by atomic mass is 35.5. The fourth-order valence-electron chi connectivity index (χ4n) is 3.31. The molecule has 0 bridgehead atoms. The largest absolute Gasteiger partial charge is 0.441 e. The highest BCUT2D eigenvalue weighted by Crippen LogP contribution is 2.27. The first kappa shape index (κ1) is 21.8. The summed E-state index contributed by atoms with van der Waals surface area (Å²) in [6.45, 7) is 5.88. The van der Waals surface area contributed by atoms with Crippen molar-refractivity contribution in [2.45, 2.75) is 39.8 Å². The van der Waals surface area contributed by atoms with Gasteiger partial charge in [-0.05, 0) is 45.0 Å². The fraction of sp³-hybridized carbons (Fsp3) is 0.250. The van der Waals surface area contributed by atoms with E-state index in [4.69, 9.17) is 20.4 Å². The van der Waals surface area contributed by atoms with E-state index in [1.54, 1.807) is 11.0 Å². The molecule has 2 aromatic carbocycles. The van der Waals surface area contributed by atoms with Gasteiger partial charge in [0.25, 0.3) is 0 Å². The molecular formula is C24H23ClN4O3. The van der Waals surface area contributed by atoms with Crippen LogP contribution in [0.4, 0.5) is 0 Å². The molecule has 4 aromatic rings. The second kappa shape index (κ2) is 9.36. The minimum atomic E-state index is -0.103. The van der Waals surface area contributed by atoms with Crippen molar-refractivity contribution in [2.24, 2.45) is 0 Å². The number of aryl methyl sites for hydroxylation is 1. The van der Waals surface area contributed by atoms with Crippen LogP contribution in [0.5, 0.6) is 0 Å². The standard InChI is InChI=1S/C24H23ClN4O3/c1-15(2)29(14-21-27-28-24(32-21)18-11-7-8-12-19(18)25)22(30)13-20-16(3)31-23(26-20)17-9-5-4-6-10-17/h4-12,15H,13-14H2,1-3H3. The summed E-state index contributed by atoms with van der Waals surface area (Å²) in [5.41, 5.74) is 2.14. The molecule has 0 spiro atoms. The van der Waals surface area contributed by atoms with E-state index in [1.165, 1.54) is 0 Å². The van der Waals surface area contributed by atoms with E-state index in [2.05, 4.69) is 15.2 Å². The lowest BCUT2D eigenvalue weighted by atomic mass is 10.2. The fourth-order valence-corrected chi connectivity index (χ4v) is 3.52. The summed E-state index contributed by atoms with van der Waals surface area (Å²) in [4.78, 5) is 19.3. The highest BCUT2D eigenvalue weighted by molar-refractivity contribution is 6.33. The summed E-state index contributed by atoms with van der Waals surface area (Å²) < 4.78 is 11.6. The van der Waals surface area contributed by atoms with Crippen LogP contribution in [0.25, 0.3) is 22.9 Å². The monoisotopic (exact) mass is 450 g/mol. The molecule has 0 unspecified atom stereocenters. The lowest BCUT2D eigenvalue weighted by Crippen LogP contribution is -2.37. The van der Waals surface area contributed by atoms with E-state index < -0.39 is 0 Å². The minimum absolute atomic E-state index is 0.0704. The van der Waals surface area contributed by atoms with Crippen LogP contribution in [0.2, 0.25) is 5.02 Å². The van der Waals surface area contributed by atoms with Crippen LogP contribution in [0.3, 0.4) is 0 Å². The summed E-state index contributed by atoms with van der Waals surface area (Å²) in [5, 5.41) is 8.71. The number of halogens is 1. The maximum Gasteiger partial charge on any atom is 0.249 e. The normalized spacial score (nSPS) is 11.2. The maximum absolute atomic E-state index is 13.1. The zero-order valence-electron chi connectivity index (χ0n) is 18.1. The minimum Gasteiger partial charge on any atom is -0.441 e. The number of benzene rings is 2. The van der Waals surface area contributed by atoms with Gasteiger partial charge in [-0.2, -0.15) is 0 Å². The Morgan fingerprint density at radius 3 is 2.44 bits per heavy atom. The third-order valence-corrected chi connectivity index (χ3v) is 5.38. The molecule has 4 rings (SSSR count). The number of amides is 1. The highest BCUT2D eigenvalue weighted by Gasteiger charge is 2.24. The molecule has 2 heterocycles. The molecule has 2 aromatic heterocycles. The van der Waals surface area contributed by atoms with Crippen molar-refractivity contribution >= 4 is 17.5 Å². The Bertz CT molecular complexity index is 1220. The van der Waals surface area contributed by atoms with Gasteiger partial charge >= 0.3 is 0 Å². The topological polar surface area (TPSA) is 85.3 Å². The van der Waals surface area contributed by atoms with Gasteiger partial charge in [0.1, 0.15) is 5.76 Å². The van der Waals surface area contributed by atoms with Gasteiger partial charge in [0.15, 0.2) is 0 Å². The molecule has 0 aliphatic heterocycles. The van der Waals surface area contributed by atoms with Crippen molar-refractivity contribution in [1.82, 2.24) is 20.1 Å². The van der Waals surface area contributed by atoms with Gasteiger partial charge in [0.05, 0.1) is 29.2 Å². The zero-order valence-corrected chi connectivity index (χ0v) is 18.8. The van der Waals surface area contributed by atoms with E-state index in [0.29, 0.717) is 39.7 Å². The van der Waals surface area contributed by atoms with Gasteiger partial charge < -0.3 is 13.7 Å². The second-order valence-corrected chi connectivity index (χ2v) is 8.07. The number of carbonyl (C=O) groups excluding carboxylic acids is 1. The molecule has 0 saturated carbocycles. The Kier molecular flexibility index (Phi) is 6.37. The van der Waals surface area contributed by atoms with Crippen molar-refractivity contribution < 1.29 is 13.6 Å². The zero-order chi connectivity index (χ0) is 22.7. The van der Waals surface area contributed by atoms with Gasteiger partial charge in [-0.15, -0.1) is 10.2 Å². The number of rotatable bonds is 7. The maximum atomic E-state index is 13.1. The molecule has 0 aliphatic carbocycles. The predicted octanol–water partition coefficient (Wildman–Crippen LogP) is 5.33. The summed E-state index contributed by atoms with van der Waals surface area (Å²) in [5.74, 6) is 1.68. The van der Waals surface area contributed by atoms with Crippen LogP contribution in [-0.2, 0) is 17.8 Å². The number of hydrogen-bond donors (Lipinski definition) is 0. The van der Waals surface area contributed by atoms with Crippen LogP contribution in [0.1, 0.15) is 31.2 Å². The molecule has 1 amide bonds. The molecule has 7 nitrogen and oxygen atoms in total. The van der Waals surface area contributed by atoms with Crippen LogP contribution in [0.15, 0.2) is 63.4 Å². The molecule has 0 radical (unpaired) electrons. The van der Waals surface area contributed by atoms with E-state index >= 15 is 0 Å². The first-order chi connectivity index (χ1) is 15.4. The lowest BCUT2D eigenvalue weighted by molar-refractivity contribution is -0.133. The lowest BCUT2D eigenvalue weighted by Gasteiger charge is -2.25. The van der Waals surface area contributed by atoms with E-state index in [0.717, 1.165) is 5.56 Å². The molecular weight excluding hydrogens is 428 g/mol. The van der Waals surface area contributed by atoms with E-state index in [-0.39, 0.29) is 24.9 Å². The Morgan fingerprint density at radius 1 is 1.00 bits per heavy atom. The average Bonchev–Trinajstić information content (AvgIpc) is 3.39. The predicted molar refractivity (Wildman–Crippen MR) is 121 cm³/mol. The SMILES string of the molecule is Cc1oc(-c2ccccc2)nc1CC(=O)N(Cc1nnc(-c2ccccc2Cl)o1)C(C)C. The molecule has 0 fully saturated rings. The Morgan fingerprint density at radius 2 is 1.72 bits per heavy atom. The summed E-state index contributed by atoms with van der Waals surface area (Å²) >= 11 is 6.22. The molecule has 8 heteroatoms. The van der Waals surface area contributed by atoms with Gasteiger partial charge in [-0.1, -0.05) is 41.9 Å². The quantitative estimate of drug-likeness (QED) is 0.378. The Balaban J connectivity index is 1.50. The van der Waals surface area contributed by atoms with Crippen molar-refractivity contribution in [3.05, 3.63) is 77.0 Å². The van der Waals surface area contributed by atoms with Gasteiger partial charge in [-0.25, -0.2) is 4.98 Å². The van der Waals surface area contributed by atoms with E-state index in [1.807, 2.05) is 69.3 Å². The van der Waals surface area contributed by atoms with Crippen LogP contribution >= 0.6 is 11.6 Å². The van der Waals surface area contributed by atoms with Gasteiger partial charge in [0, 0.05) is 11.6 Å². The smallest absolute Gasteiger partial charge is 0.249 e. The molecule has 0 atom stereocenters. The molecule has 0 saturated heterocycles. The Labute approximate surface area is 191 Å². The number of aromatic nitrogens is 3. The third kappa shape index (κ3) is 4.73. The van der Waals surface area contributed by atoms with Crippen molar-refractivity contribution in [3.63, 3.8) is 0 Å². The van der Waals surface area contributed by atoms with Crippen molar-refractivity contribution in [3.8, 4) is 22.9 Å². The van der Waals surface area contributed by atoms with E-state index in [9.17, 15) is 4.79 Å². The first-order valence-corrected chi connectivity index (χ1v) is 10.7. The van der Waals surface area contributed by atoms with Crippen LogP contribution < -0.4 is 0 Å². The van der Waals surface area contributed by atoms with Crippen molar-refractivity contribution in [2.75, 3.05) is 0 Å². The van der Waals surface area contributed by atoms with Crippen LogP contribution in [-0.4, -0.2) is 32.0 Å².